The largest absolute Gasteiger partial charge is 0.507 e. The molecule has 4 aliphatic heterocycles. The van der Waals surface area contributed by atoms with E-state index in [1.165, 1.54) is 15.2 Å². The Balaban J connectivity index is 1.68. The lowest BCUT2D eigenvalue weighted by Gasteiger charge is -2.62. The van der Waals surface area contributed by atoms with Gasteiger partial charge in [-0.15, -0.1) is 0 Å². The number of phenolic OH excluding ortho intramolecular Hbond substituents is 1. The molecule has 0 saturated carbocycles. The number of Topliss-reactive ketones (excluding diaryl/α,β-unsaturated/α-hetero) is 1. The highest BCUT2D eigenvalue weighted by molar-refractivity contribution is 5.93. The molecule has 2 aromatic carbocycles. The van der Waals surface area contributed by atoms with Gasteiger partial charge in [0.1, 0.15) is 48.3 Å². The fourth-order valence-corrected chi connectivity index (χ4v) is 6.72. The molecule has 0 atom stereocenters. The van der Waals surface area contributed by atoms with E-state index in [1.54, 1.807) is 0 Å². The smallest absolute Gasteiger partial charge is 0.244 e. The number of carbonyl (C=O) groups is 1. The summed E-state index contributed by atoms with van der Waals surface area (Å²) in [4.78, 5) is 16.7. The minimum atomic E-state index is -0.220. The number of carbonyl (C=O) groups excluding carboxylic acids is 1. The summed E-state index contributed by atoms with van der Waals surface area (Å²) in [6.45, 7) is 12.5. The van der Waals surface area contributed by atoms with E-state index in [9.17, 15) is 9.90 Å². The van der Waals surface area contributed by atoms with E-state index in [0.717, 1.165) is 37.1 Å². The van der Waals surface area contributed by atoms with Gasteiger partial charge in [-0.1, -0.05) is 58.0 Å². The molecule has 0 spiro atoms. The molecule has 0 aromatic heterocycles. The summed E-state index contributed by atoms with van der Waals surface area (Å²) in [7, 11) is 0. The first kappa shape index (κ1) is 18.1. The molecule has 2 aromatic rings. The second-order valence-corrected chi connectivity index (χ2v) is 10.1. The van der Waals surface area contributed by atoms with Gasteiger partial charge in [-0.25, -0.2) is 0 Å². The minimum absolute atomic E-state index is 0.206. The van der Waals surface area contributed by atoms with Gasteiger partial charge in [0, 0.05) is 5.39 Å². The Bertz CT molecular complexity index is 918. The lowest BCUT2D eigenvalue weighted by molar-refractivity contribution is -1.18. The number of hydrogen-bond donors (Lipinski definition) is 3. The van der Waals surface area contributed by atoms with Gasteiger partial charge >= 0.3 is 0 Å². The third-order valence-corrected chi connectivity index (χ3v) is 8.34. The molecular formula is C24H32N2O2+2. The highest BCUT2D eigenvalue weighted by Crippen LogP contribution is 2.45. The molecule has 28 heavy (non-hydrogen) atoms. The number of benzene rings is 2. The fraction of sp³-hybridized carbons (Fsp3) is 0.542. The van der Waals surface area contributed by atoms with Crippen molar-refractivity contribution in [3.63, 3.8) is 0 Å². The van der Waals surface area contributed by atoms with Crippen molar-refractivity contribution < 1.29 is 19.7 Å². The molecule has 4 bridgehead atoms. The van der Waals surface area contributed by atoms with Crippen molar-refractivity contribution >= 4 is 16.6 Å². The van der Waals surface area contributed by atoms with Gasteiger partial charge in [-0.3, -0.25) is 14.6 Å². The third-order valence-electron chi connectivity index (χ3n) is 8.34. The van der Waals surface area contributed by atoms with Gasteiger partial charge in [0.25, 0.3) is 0 Å². The topological polar surface area (TPSA) is 46.2 Å². The predicted molar refractivity (Wildman–Crippen MR) is 109 cm³/mol. The molecule has 4 aliphatic rings. The average Bonchev–Trinajstić information content (AvgIpc) is 2.65. The van der Waals surface area contributed by atoms with Crippen LogP contribution in [0.5, 0.6) is 5.75 Å². The lowest BCUT2D eigenvalue weighted by atomic mass is 9.53. The van der Waals surface area contributed by atoms with Crippen LogP contribution in [0.15, 0.2) is 36.4 Å². The van der Waals surface area contributed by atoms with Crippen LogP contribution in [-0.4, -0.2) is 37.1 Å². The van der Waals surface area contributed by atoms with Gasteiger partial charge in [0.05, 0.1) is 0 Å². The Kier molecular flexibility index (Phi) is 3.76. The normalized spacial score (nSPS) is 36.8. The van der Waals surface area contributed by atoms with Gasteiger partial charge in [-0.05, 0) is 23.3 Å². The van der Waals surface area contributed by atoms with Crippen molar-refractivity contribution in [2.24, 2.45) is 22.7 Å². The van der Waals surface area contributed by atoms with Gasteiger partial charge in [0.15, 0.2) is 5.78 Å². The number of rotatable bonds is 3. The Morgan fingerprint density at radius 1 is 0.893 bits per heavy atom. The van der Waals surface area contributed by atoms with Crippen LogP contribution in [-0.2, 0) is 4.79 Å². The van der Waals surface area contributed by atoms with Crippen molar-refractivity contribution in [3.8, 4) is 5.75 Å². The molecule has 6 rings (SSSR count). The molecule has 0 aliphatic carbocycles. The van der Waals surface area contributed by atoms with E-state index in [-0.39, 0.29) is 17.0 Å². The van der Waals surface area contributed by atoms with Gasteiger partial charge in [-0.2, -0.15) is 0 Å². The number of piperidine rings is 2. The van der Waals surface area contributed by atoms with E-state index in [2.05, 4.69) is 52.0 Å². The number of hydrogen-bond acceptors (Lipinski definition) is 2. The second-order valence-electron chi connectivity index (χ2n) is 10.1. The number of fused-ring (bicyclic) bond motifs is 1. The molecule has 0 unspecified atom stereocenters. The summed E-state index contributed by atoms with van der Waals surface area (Å²) in [5.41, 5.74) is 0.636. The molecule has 4 nitrogen and oxygen atoms in total. The predicted octanol–water partition coefficient (Wildman–Crippen LogP) is 1.21. The highest BCUT2D eigenvalue weighted by Gasteiger charge is 2.73. The zero-order valence-corrected chi connectivity index (χ0v) is 17.4. The number of aromatic hydroxyl groups is 1. The number of phenols is 1. The van der Waals surface area contributed by atoms with Crippen molar-refractivity contribution in [2.45, 2.75) is 33.9 Å². The zero-order valence-electron chi connectivity index (χ0n) is 17.4. The summed E-state index contributed by atoms with van der Waals surface area (Å²) in [5, 5.41) is 13.2. The third kappa shape index (κ3) is 2.11. The summed E-state index contributed by atoms with van der Waals surface area (Å²) in [5.74, 6) is 1.63. The highest BCUT2D eigenvalue weighted by atomic mass is 16.3. The van der Waals surface area contributed by atoms with E-state index in [0.29, 0.717) is 23.4 Å². The number of nitrogens with one attached hydrogen (secondary N) is 2. The molecule has 4 heteroatoms. The maximum Gasteiger partial charge on any atom is 0.244 e. The maximum absolute atomic E-state index is 13.7. The van der Waals surface area contributed by atoms with Crippen LogP contribution in [0.4, 0.5) is 0 Å². The molecule has 0 amide bonds. The quantitative estimate of drug-likeness (QED) is 0.750. The van der Waals surface area contributed by atoms with Gasteiger partial charge in [0.2, 0.25) is 6.17 Å². The van der Waals surface area contributed by atoms with Crippen molar-refractivity contribution in [1.29, 1.82) is 0 Å². The van der Waals surface area contributed by atoms with E-state index in [4.69, 9.17) is 0 Å². The maximum atomic E-state index is 13.7. The Hall–Kier alpha value is -1.91. The first-order chi connectivity index (χ1) is 13.3. The molecule has 4 fully saturated rings. The standard InChI is InChI=1S/C24H30N2O2/c1-15(2)23-11-25-13-24(16(3)4,22(23)28)14-26(12-23)21(25)20-18-8-6-5-7-17(18)9-10-19(20)27/h5-10,15-16,21,27H,11-14H2,1-4H3/p+2. The van der Waals surface area contributed by atoms with Crippen LogP contribution in [0.25, 0.3) is 10.8 Å². The van der Waals surface area contributed by atoms with Crippen molar-refractivity contribution in [1.82, 2.24) is 0 Å². The van der Waals surface area contributed by atoms with E-state index in [1.807, 2.05) is 12.1 Å². The first-order valence-electron chi connectivity index (χ1n) is 10.7. The molecular weight excluding hydrogens is 348 g/mol. The molecule has 3 N–H and O–H groups in total. The van der Waals surface area contributed by atoms with Crippen LogP contribution in [0.2, 0.25) is 0 Å². The second kappa shape index (κ2) is 5.80. The van der Waals surface area contributed by atoms with Crippen LogP contribution in [0, 0.1) is 22.7 Å². The Morgan fingerprint density at radius 3 is 1.96 bits per heavy atom. The first-order valence-corrected chi connectivity index (χ1v) is 10.7. The van der Waals surface area contributed by atoms with Crippen LogP contribution in [0.1, 0.15) is 39.4 Å². The van der Waals surface area contributed by atoms with Crippen LogP contribution >= 0.6 is 0 Å². The Labute approximate surface area is 167 Å². The molecule has 4 heterocycles. The number of ketones is 1. The molecule has 148 valence electrons. The van der Waals surface area contributed by atoms with Crippen molar-refractivity contribution in [2.75, 3.05) is 26.2 Å². The average molecular weight is 381 g/mol. The fourth-order valence-electron chi connectivity index (χ4n) is 6.72. The number of quaternary nitrogens is 2. The van der Waals surface area contributed by atoms with Crippen LogP contribution < -0.4 is 9.80 Å². The summed E-state index contributed by atoms with van der Waals surface area (Å²) in [6.07, 6.45) is 0.206. The lowest BCUT2D eigenvalue weighted by Crippen LogP contribution is -3.41. The molecule has 4 saturated heterocycles. The Morgan fingerprint density at radius 2 is 1.43 bits per heavy atom. The zero-order chi connectivity index (χ0) is 19.8. The summed E-state index contributed by atoms with van der Waals surface area (Å²) in [6, 6.07) is 12.2. The summed E-state index contributed by atoms with van der Waals surface area (Å²) >= 11 is 0. The summed E-state index contributed by atoms with van der Waals surface area (Å²) < 4.78 is 0. The minimum Gasteiger partial charge on any atom is -0.507 e. The van der Waals surface area contributed by atoms with Gasteiger partial charge < -0.3 is 5.11 Å². The SMILES string of the molecule is CC(C)C12C[NH+]3CC(C(C)C)(C[NH+](C1)C3c1c(O)ccc3ccccc13)C2=O. The van der Waals surface area contributed by atoms with E-state index >= 15 is 0 Å². The van der Waals surface area contributed by atoms with Crippen LogP contribution in [0.3, 0.4) is 0 Å². The molecule has 0 radical (unpaired) electrons. The van der Waals surface area contributed by atoms with Crippen molar-refractivity contribution in [3.05, 3.63) is 42.0 Å². The van der Waals surface area contributed by atoms with E-state index < -0.39 is 0 Å². The monoisotopic (exact) mass is 380 g/mol.